The highest BCUT2D eigenvalue weighted by Gasteiger charge is 2.08. The zero-order valence-corrected chi connectivity index (χ0v) is 6.55. The molecular weight excluding hydrogens is 144 g/mol. The first-order valence-corrected chi connectivity index (χ1v) is 3.40. The standard InChI is InChI=1S/C7H10N2O2/c1-3-5-4-8-6(9-5)7(10)11-2/h4H,3H2,1-2H3,(H,8,9). The lowest BCUT2D eigenvalue weighted by Crippen LogP contribution is -2.03. The highest BCUT2D eigenvalue weighted by atomic mass is 16.5. The fourth-order valence-electron chi connectivity index (χ4n) is 0.739. The van der Waals surface area contributed by atoms with Crippen LogP contribution in [0.15, 0.2) is 6.20 Å². The summed E-state index contributed by atoms with van der Waals surface area (Å²) < 4.78 is 4.46. The van der Waals surface area contributed by atoms with E-state index >= 15 is 0 Å². The van der Waals surface area contributed by atoms with Gasteiger partial charge in [0.15, 0.2) is 0 Å². The van der Waals surface area contributed by atoms with E-state index in [1.54, 1.807) is 6.20 Å². The third-order valence-corrected chi connectivity index (χ3v) is 1.39. The maximum absolute atomic E-state index is 10.8. The number of aromatic amines is 1. The predicted octanol–water partition coefficient (Wildman–Crippen LogP) is 0.759. The molecule has 1 N–H and O–H groups in total. The average molecular weight is 154 g/mol. The van der Waals surface area contributed by atoms with Gasteiger partial charge in [0, 0.05) is 11.9 Å². The van der Waals surface area contributed by atoms with Crippen molar-refractivity contribution >= 4 is 5.97 Å². The van der Waals surface area contributed by atoms with E-state index < -0.39 is 5.97 Å². The number of H-pyrrole nitrogens is 1. The van der Waals surface area contributed by atoms with Crippen LogP contribution in [0.2, 0.25) is 0 Å². The van der Waals surface area contributed by atoms with Gasteiger partial charge in [-0.2, -0.15) is 0 Å². The van der Waals surface area contributed by atoms with Crippen LogP contribution in [0, 0.1) is 0 Å². The van der Waals surface area contributed by atoms with Gasteiger partial charge in [0.25, 0.3) is 0 Å². The van der Waals surface area contributed by atoms with Crippen LogP contribution in [0.3, 0.4) is 0 Å². The average Bonchev–Trinajstić information content (AvgIpc) is 2.50. The molecule has 4 nitrogen and oxygen atoms in total. The van der Waals surface area contributed by atoms with Gasteiger partial charge < -0.3 is 9.72 Å². The molecule has 1 aromatic heterocycles. The summed E-state index contributed by atoms with van der Waals surface area (Å²) in [7, 11) is 1.33. The second-order valence-corrected chi connectivity index (χ2v) is 2.10. The molecular formula is C7H10N2O2. The molecule has 0 saturated heterocycles. The van der Waals surface area contributed by atoms with Gasteiger partial charge in [-0.15, -0.1) is 0 Å². The molecule has 0 bridgehead atoms. The largest absolute Gasteiger partial charge is 0.463 e. The van der Waals surface area contributed by atoms with Crippen LogP contribution in [0.25, 0.3) is 0 Å². The Hall–Kier alpha value is -1.32. The third kappa shape index (κ3) is 1.58. The Labute approximate surface area is 64.6 Å². The molecule has 0 amide bonds. The van der Waals surface area contributed by atoms with Crippen LogP contribution in [0.1, 0.15) is 23.2 Å². The third-order valence-electron chi connectivity index (χ3n) is 1.39. The molecule has 1 rings (SSSR count). The van der Waals surface area contributed by atoms with E-state index in [2.05, 4.69) is 14.7 Å². The SMILES string of the molecule is CCc1cnc(C(=O)OC)[nH]1. The van der Waals surface area contributed by atoms with E-state index in [0.29, 0.717) is 0 Å². The smallest absolute Gasteiger partial charge is 0.374 e. The van der Waals surface area contributed by atoms with Crippen molar-refractivity contribution in [3.63, 3.8) is 0 Å². The van der Waals surface area contributed by atoms with Crippen molar-refractivity contribution in [1.29, 1.82) is 0 Å². The van der Waals surface area contributed by atoms with E-state index in [9.17, 15) is 4.79 Å². The van der Waals surface area contributed by atoms with E-state index in [-0.39, 0.29) is 5.82 Å². The number of nitrogens with one attached hydrogen (secondary N) is 1. The summed E-state index contributed by atoms with van der Waals surface area (Å²) in [6.07, 6.45) is 2.47. The molecule has 0 unspecified atom stereocenters. The van der Waals surface area contributed by atoms with Crippen LogP contribution in [-0.4, -0.2) is 23.0 Å². The summed E-state index contributed by atoms with van der Waals surface area (Å²) in [5.74, 6) is -0.158. The quantitative estimate of drug-likeness (QED) is 0.640. The number of imidazole rings is 1. The molecule has 0 aliphatic carbocycles. The van der Waals surface area contributed by atoms with E-state index in [0.717, 1.165) is 12.1 Å². The van der Waals surface area contributed by atoms with Gasteiger partial charge in [-0.25, -0.2) is 9.78 Å². The number of aryl methyl sites for hydroxylation is 1. The van der Waals surface area contributed by atoms with Gasteiger partial charge in [-0.3, -0.25) is 0 Å². The van der Waals surface area contributed by atoms with Crippen LogP contribution in [-0.2, 0) is 11.2 Å². The van der Waals surface area contributed by atoms with Crippen molar-refractivity contribution in [2.75, 3.05) is 7.11 Å². The summed E-state index contributed by atoms with van der Waals surface area (Å²) >= 11 is 0. The number of rotatable bonds is 2. The normalized spacial score (nSPS) is 9.64. The summed E-state index contributed by atoms with van der Waals surface area (Å²) in [6, 6.07) is 0. The molecule has 0 aromatic carbocycles. The van der Waals surface area contributed by atoms with Crippen LogP contribution in [0.4, 0.5) is 0 Å². The van der Waals surface area contributed by atoms with Crippen LogP contribution >= 0.6 is 0 Å². The summed E-state index contributed by atoms with van der Waals surface area (Å²) in [6.45, 7) is 1.98. The van der Waals surface area contributed by atoms with E-state index in [1.807, 2.05) is 6.92 Å². The number of carbonyl (C=O) groups is 1. The maximum atomic E-state index is 10.8. The molecule has 60 valence electrons. The Kier molecular flexibility index (Phi) is 2.25. The molecule has 0 saturated carbocycles. The molecule has 0 aliphatic rings. The fraction of sp³-hybridized carbons (Fsp3) is 0.429. The molecule has 0 aliphatic heterocycles. The first kappa shape index (κ1) is 7.78. The van der Waals surface area contributed by atoms with Crippen molar-refractivity contribution < 1.29 is 9.53 Å². The molecule has 1 heterocycles. The Morgan fingerprint density at radius 2 is 2.55 bits per heavy atom. The highest BCUT2D eigenvalue weighted by Crippen LogP contribution is 1.98. The van der Waals surface area contributed by atoms with Crippen LogP contribution < -0.4 is 0 Å². The highest BCUT2D eigenvalue weighted by molar-refractivity contribution is 5.85. The van der Waals surface area contributed by atoms with Crippen LogP contribution in [0.5, 0.6) is 0 Å². The topological polar surface area (TPSA) is 55.0 Å². The Morgan fingerprint density at radius 1 is 1.82 bits per heavy atom. The van der Waals surface area contributed by atoms with Gasteiger partial charge in [0.05, 0.1) is 7.11 Å². The monoisotopic (exact) mass is 154 g/mol. The zero-order valence-electron chi connectivity index (χ0n) is 6.55. The lowest BCUT2D eigenvalue weighted by Gasteiger charge is -1.91. The number of aromatic nitrogens is 2. The number of methoxy groups -OCH3 is 1. The number of esters is 1. The van der Waals surface area contributed by atoms with Crippen molar-refractivity contribution in [3.05, 3.63) is 17.7 Å². The molecule has 11 heavy (non-hydrogen) atoms. The van der Waals surface area contributed by atoms with Gasteiger partial charge in [-0.05, 0) is 6.42 Å². The first-order chi connectivity index (χ1) is 5.27. The second-order valence-electron chi connectivity index (χ2n) is 2.10. The lowest BCUT2D eigenvalue weighted by atomic mass is 10.4. The molecule has 0 fully saturated rings. The number of ether oxygens (including phenoxy) is 1. The van der Waals surface area contributed by atoms with Gasteiger partial charge in [-0.1, -0.05) is 6.92 Å². The van der Waals surface area contributed by atoms with Crippen molar-refractivity contribution in [1.82, 2.24) is 9.97 Å². The summed E-state index contributed by atoms with van der Waals surface area (Å²) in [5.41, 5.74) is 0.936. The van der Waals surface area contributed by atoms with Crippen molar-refractivity contribution in [2.45, 2.75) is 13.3 Å². The van der Waals surface area contributed by atoms with E-state index in [4.69, 9.17) is 0 Å². The molecule has 4 heteroatoms. The summed E-state index contributed by atoms with van der Waals surface area (Å²) in [5, 5.41) is 0. The minimum Gasteiger partial charge on any atom is -0.463 e. The number of nitrogens with zero attached hydrogens (tertiary/aromatic N) is 1. The van der Waals surface area contributed by atoms with Gasteiger partial charge in [0.2, 0.25) is 5.82 Å². The minimum atomic E-state index is -0.426. The summed E-state index contributed by atoms with van der Waals surface area (Å²) in [4.78, 5) is 17.5. The number of hydrogen-bond acceptors (Lipinski definition) is 3. The van der Waals surface area contributed by atoms with Crippen molar-refractivity contribution in [2.24, 2.45) is 0 Å². The second kappa shape index (κ2) is 3.18. The maximum Gasteiger partial charge on any atom is 0.374 e. The molecule has 0 radical (unpaired) electrons. The van der Waals surface area contributed by atoms with E-state index in [1.165, 1.54) is 7.11 Å². The zero-order chi connectivity index (χ0) is 8.27. The lowest BCUT2D eigenvalue weighted by molar-refractivity contribution is 0.0588. The molecule has 0 atom stereocenters. The van der Waals surface area contributed by atoms with Gasteiger partial charge >= 0.3 is 5.97 Å². The Bertz CT molecular complexity index is 255. The number of carbonyl (C=O) groups excluding carboxylic acids is 1. The fourth-order valence-corrected chi connectivity index (χ4v) is 0.739. The minimum absolute atomic E-state index is 0.268. The Morgan fingerprint density at radius 3 is 3.00 bits per heavy atom. The van der Waals surface area contributed by atoms with Gasteiger partial charge in [0.1, 0.15) is 0 Å². The molecule has 1 aromatic rings. The first-order valence-electron chi connectivity index (χ1n) is 3.40. The number of hydrogen-bond donors (Lipinski definition) is 1. The molecule has 0 spiro atoms. The Balaban J connectivity index is 2.80. The predicted molar refractivity (Wildman–Crippen MR) is 39.3 cm³/mol. The van der Waals surface area contributed by atoms with Crippen molar-refractivity contribution in [3.8, 4) is 0 Å².